The second-order valence-electron chi connectivity index (χ2n) is 1.62. The van der Waals surface area contributed by atoms with E-state index in [2.05, 4.69) is 0 Å². The van der Waals surface area contributed by atoms with Crippen molar-refractivity contribution in [3.05, 3.63) is 24.0 Å². The smallest absolute Gasteiger partial charge is 0.138 e. The molecule has 1 aliphatic heterocycles. The summed E-state index contributed by atoms with van der Waals surface area (Å²) in [7, 11) is 0. The molecule has 0 N–H and O–H groups in total. The highest BCUT2D eigenvalue weighted by Crippen LogP contribution is 2.11. The Hall–Kier alpha value is -0.920. The van der Waals surface area contributed by atoms with Gasteiger partial charge in [0.05, 0.1) is 0 Å². The molecule has 0 atom stereocenters. The summed E-state index contributed by atoms with van der Waals surface area (Å²) in [6, 6.07) is 0. The van der Waals surface area contributed by atoms with E-state index in [0.29, 0.717) is 0 Å². The summed E-state index contributed by atoms with van der Waals surface area (Å²) in [5, 5.41) is 0. The average Bonchev–Trinajstić information content (AvgIpc) is 1.77. The number of hydrogen-bond acceptors (Lipinski definition) is 2. The molecule has 8 heavy (non-hydrogen) atoms. The van der Waals surface area contributed by atoms with Crippen molar-refractivity contribution < 1.29 is 9.47 Å². The van der Waals surface area contributed by atoms with Gasteiger partial charge in [-0.05, 0) is 13.8 Å². The van der Waals surface area contributed by atoms with Gasteiger partial charge in [-0.2, -0.15) is 0 Å². The molecule has 1 heterocycles. The molecule has 0 aromatic rings. The molecule has 2 heteroatoms. The Morgan fingerprint density at radius 3 is 1.62 bits per heavy atom. The van der Waals surface area contributed by atoms with E-state index < -0.39 is 0 Å². The highest BCUT2D eigenvalue weighted by Gasteiger charge is 1.99. The first kappa shape index (κ1) is 5.22. The minimum absolute atomic E-state index is 0.826. The topological polar surface area (TPSA) is 18.5 Å². The summed E-state index contributed by atoms with van der Waals surface area (Å²) in [5.41, 5.74) is 0. The monoisotopic (exact) mass is 112 g/mol. The Morgan fingerprint density at radius 1 is 1.00 bits per heavy atom. The molecule has 0 aromatic carbocycles. The lowest BCUT2D eigenvalue weighted by molar-refractivity contribution is 0.230. The summed E-state index contributed by atoms with van der Waals surface area (Å²) in [6.07, 6.45) is 3.03. The van der Waals surface area contributed by atoms with Crippen LogP contribution in [0.1, 0.15) is 13.8 Å². The van der Waals surface area contributed by atoms with Crippen molar-refractivity contribution in [3.63, 3.8) is 0 Å². The zero-order valence-corrected chi connectivity index (χ0v) is 4.97. The lowest BCUT2D eigenvalue weighted by Crippen LogP contribution is -1.92. The Kier molecular flexibility index (Phi) is 1.24. The third kappa shape index (κ3) is 0.832. The fourth-order valence-electron chi connectivity index (χ4n) is 0.426. The van der Waals surface area contributed by atoms with Crippen molar-refractivity contribution in [2.45, 2.75) is 13.8 Å². The first-order chi connectivity index (χ1) is 3.80. The van der Waals surface area contributed by atoms with E-state index in [0.717, 1.165) is 11.5 Å². The summed E-state index contributed by atoms with van der Waals surface area (Å²) in [6.45, 7) is 3.72. The SMILES string of the molecule is CC1=C(C)OC=CO1. The molecule has 0 radical (unpaired) electrons. The van der Waals surface area contributed by atoms with Crippen LogP contribution in [0.4, 0.5) is 0 Å². The van der Waals surface area contributed by atoms with Crippen LogP contribution in [-0.4, -0.2) is 0 Å². The van der Waals surface area contributed by atoms with Gasteiger partial charge >= 0.3 is 0 Å². The van der Waals surface area contributed by atoms with Gasteiger partial charge in [-0.15, -0.1) is 0 Å². The van der Waals surface area contributed by atoms with Gasteiger partial charge in [0.25, 0.3) is 0 Å². The standard InChI is InChI=1S/C6H8O2/c1-5-6(2)8-4-3-7-5/h3-4H,1-2H3. The number of allylic oxidation sites excluding steroid dienone is 2. The molecular formula is C6H8O2. The minimum Gasteiger partial charge on any atom is -0.463 e. The molecule has 1 rings (SSSR count). The van der Waals surface area contributed by atoms with Crippen LogP contribution in [0.25, 0.3) is 0 Å². The molecule has 0 amide bonds. The molecule has 0 aliphatic carbocycles. The normalized spacial score (nSPS) is 17.8. The summed E-state index contributed by atoms with van der Waals surface area (Å²) in [5.74, 6) is 1.65. The van der Waals surface area contributed by atoms with Crippen molar-refractivity contribution in [3.8, 4) is 0 Å². The maximum Gasteiger partial charge on any atom is 0.138 e. The van der Waals surface area contributed by atoms with Gasteiger partial charge in [0, 0.05) is 0 Å². The van der Waals surface area contributed by atoms with Crippen LogP contribution in [-0.2, 0) is 9.47 Å². The summed E-state index contributed by atoms with van der Waals surface area (Å²) >= 11 is 0. The van der Waals surface area contributed by atoms with Crippen molar-refractivity contribution in [2.24, 2.45) is 0 Å². The molecule has 0 saturated heterocycles. The first-order valence-corrected chi connectivity index (χ1v) is 2.46. The molecule has 0 aromatic heterocycles. The Labute approximate surface area is 48.4 Å². The first-order valence-electron chi connectivity index (χ1n) is 2.46. The number of rotatable bonds is 0. The number of ether oxygens (including phenoxy) is 2. The fourth-order valence-corrected chi connectivity index (χ4v) is 0.426. The maximum absolute atomic E-state index is 4.96. The molecule has 0 spiro atoms. The number of hydrogen-bond donors (Lipinski definition) is 0. The highest BCUT2D eigenvalue weighted by molar-refractivity contribution is 5.00. The molecule has 2 nitrogen and oxygen atoms in total. The van der Waals surface area contributed by atoms with Crippen LogP contribution in [0.3, 0.4) is 0 Å². The van der Waals surface area contributed by atoms with Crippen LogP contribution in [0.2, 0.25) is 0 Å². The Morgan fingerprint density at radius 2 is 1.38 bits per heavy atom. The summed E-state index contributed by atoms with van der Waals surface area (Å²) in [4.78, 5) is 0. The van der Waals surface area contributed by atoms with Gasteiger partial charge in [0.15, 0.2) is 0 Å². The third-order valence-electron chi connectivity index (χ3n) is 1.04. The molecule has 0 saturated carbocycles. The van der Waals surface area contributed by atoms with Gasteiger partial charge in [0.2, 0.25) is 0 Å². The van der Waals surface area contributed by atoms with Crippen LogP contribution in [0, 0.1) is 0 Å². The van der Waals surface area contributed by atoms with Crippen LogP contribution >= 0.6 is 0 Å². The van der Waals surface area contributed by atoms with Crippen molar-refractivity contribution >= 4 is 0 Å². The predicted molar refractivity (Wildman–Crippen MR) is 29.7 cm³/mol. The van der Waals surface area contributed by atoms with Gasteiger partial charge in [-0.25, -0.2) is 0 Å². The lowest BCUT2D eigenvalue weighted by Gasteiger charge is -2.09. The van der Waals surface area contributed by atoms with Crippen LogP contribution < -0.4 is 0 Å². The van der Waals surface area contributed by atoms with E-state index in [4.69, 9.17) is 9.47 Å². The minimum atomic E-state index is 0.826. The molecular weight excluding hydrogens is 104 g/mol. The van der Waals surface area contributed by atoms with Gasteiger partial charge in [0.1, 0.15) is 24.0 Å². The van der Waals surface area contributed by atoms with E-state index in [-0.39, 0.29) is 0 Å². The van der Waals surface area contributed by atoms with E-state index in [1.807, 2.05) is 13.8 Å². The maximum atomic E-state index is 4.96. The molecule has 0 fully saturated rings. The average molecular weight is 112 g/mol. The molecule has 44 valence electrons. The van der Waals surface area contributed by atoms with Gasteiger partial charge in [-0.3, -0.25) is 0 Å². The molecule has 0 unspecified atom stereocenters. The predicted octanol–water partition coefficient (Wildman–Crippen LogP) is 1.76. The Balaban J connectivity index is 2.67. The quantitative estimate of drug-likeness (QED) is 0.475. The highest BCUT2D eigenvalue weighted by atomic mass is 16.5. The van der Waals surface area contributed by atoms with E-state index in [9.17, 15) is 0 Å². The zero-order valence-electron chi connectivity index (χ0n) is 4.97. The van der Waals surface area contributed by atoms with E-state index >= 15 is 0 Å². The summed E-state index contributed by atoms with van der Waals surface area (Å²) < 4.78 is 9.93. The zero-order chi connectivity index (χ0) is 5.98. The second kappa shape index (κ2) is 1.90. The van der Waals surface area contributed by atoms with Gasteiger partial charge < -0.3 is 9.47 Å². The van der Waals surface area contributed by atoms with Crippen LogP contribution in [0.5, 0.6) is 0 Å². The van der Waals surface area contributed by atoms with Gasteiger partial charge in [-0.1, -0.05) is 0 Å². The van der Waals surface area contributed by atoms with Crippen molar-refractivity contribution in [1.29, 1.82) is 0 Å². The fraction of sp³-hybridized carbons (Fsp3) is 0.333. The second-order valence-corrected chi connectivity index (χ2v) is 1.62. The van der Waals surface area contributed by atoms with E-state index in [1.54, 1.807) is 0 Å². The Bertz CT molecular complexity index is 129. The molecule has 1 aliphatic rings. The van der Waals surface area contributed by atoms with Crippen molar-refractivity contribution in [2.75, 3.05) is 0 Å². The third-order valence-corrected chi connectivity index (χ3v) is 1.04. The largest absolute Gasteiger partial charge is 0.463 e. The van der Waals surface area contributed by atoms with Crippen molar-refractivity contribution in [1.82, 2.24) is 0 Å². The molecule has 0 bridgehead atoms. The van der Waals surface area contributed by atoms with E-state index in [1.165, 1.54) is 12.5 Å². The lowest BCUT2D eigenvalue weighted by atomic mass is 10.4. The van der Waals surface area contributed by atoms with Crippen LogP contribution in [0.15, 0.2) is 24.0 Å².